The van der Waals surface area contributed by atoms with Gasteiger partial charge < -0.3 is 14.6 Å². The fraction of sp³-hybridized carbons (Fsp3) is 0.900. The van der Waals surface area contributed by atoms with Crippen molar-refractivity contribution in [3.8, 4) is 0 Å². The van der Waals surface area contributed by atoms with Gasteiger partial charge in [0.1, 0.15) is 0 Å². The first kappa shape index (κ1) is 11.5. The van der Waals surface area contributed by atoms with Crippen LogP contribution in [0.1, 0.15) is 32.1 Å². The van der Waals surface area contributed by atoms with Crippen molar-refractivity contribution in [2.45, 2.75) is 38.2 Å². The Kier molecular flexibility index (Phi) is 5.56. The third kappa shape index (κ3) is 5.19. The van der Waals surface area contributed by atoms with Crippen molar-refractivity contribution < 1.29 is 19.4 Å². The molecule has 0 bridgehead atoms. The van der Waals surface area contributed by atoms with E-state index in [0.29, 0.717) is 19.6 Å². The number of ether oxygens (including phenoxy) is 2. The maximum atomic E-state index is 10.2. The molecule has 1 fully saturated rings. The third-order valence-electron chi connectivity index (χ3n) is 2.26. The molecule has 82 valence electrons. The average Bonchev–Trinajstić information content (AvgIpc) is 2.18. The highest BCUT2D eigenvalue weighted by atomic mass is 16.5. The fourth-order valence-electron chi connectivity index (χ4n) is 1.48. The van der Waals surface area contributed by atoms with Gasteiger partial charge in [0.25, 0.3) is 0 Å². The van der Waals surface area contributed by atoms with E-state index in [1.807, 2.05) is 0 Å². The second-order valence-corrected chi connectivity index (χ2v) is 3.56. The number of carboxylic acids is 1. The van der Waals surface area contributed by atoms with Gasteiger partial charge in [0, 0.05) is 19.6 Å². The quantitative estimate of drug-likeness (QED) is 0.662. The lowest BCUT2D eigenvalue weighted by Gasteiger charge is -2.22. The number of carbonyl (C=O) groups is 1. The van der Waals surface area contributed by atoms with Crippen LogP contribution in [0.4, 0.5) is 0 Å². The molecular formula is C10H18O4. The van der Waals surface area contributed by atoms with E-state index >= 15 is 0 Å². The molecule has 1 saturated heterocycles. The summed E-state index contributed by atoms with van der Waals surface area (Å²) in [6, 6.07) is 0. The molecule has 0 spiro atoms. The van der Waals surface area contributed by atoms with E-state index in [1.54, 1.807) is 0 Å². The summed E-state index contributed by atoms with van der Waals surface area (Å²) in [4.78, 5) is 10.2. The molecule has 4 heteroatoms. The molecule has 0 amide bonds. The van der Waals surface area contributed by atoms with Crippen LogP contribution in [0.15, 0.2) is 0 Å². The van der Waals surface area contributed by atoms with E-state index < -0.39 is 5.97 Å². The number of rotatable bonds is 6. The van der Waals surface area contributed by atoms with Gasteiger partial charge in [-0.3, -0.25) is 4.79 Å². The van der Waals surface area contributed by atoms with Crippen LogP contribution in [-0.2, 0) is 14.3 Å². The Bertz CT molecular complexity index is 164. The lowest BCUT2D eigenvalue weighted by Crippen LogP contribution is -2.24. The van der Waals surface area contributed by atoms with Crippen molar-refractivity contribution in [3.05, 3.63) is 0 Å². The van der Waals surface area contributed by atoms with Crippen molar-refractivity contribution in [3.63, 3.8) is 0 Å². The van der Waals surface area contributed by atoms with Crippen molar-refractivity contribution in [2.24, 2.45) is 0 Å². The Morgan fingerprint density at radius 2 is 2.36 bits per heavy atom. The molecule has 0 aromatic rings. The molecule has 1 N–H and O–H groups in total. The van der Waals surface area contributed by atoms with Crippen molar-refractivity contribution >= 4 is 5.97 Å². The lowest BCUT2D eigenvalue weighted by molar-refractivity contribution is -0.137. The van der Waals surface area contributed by atoms with E-state index in [4.69, 9.17) is 14.6 Å². The first-order valence-corrected chi connectivity index (χ1v) is 5.20. The molecule has 0 radical (unpaired) electrons. The Balaban J connectivity index is 1.90. The van der Waals surface area contributed by atoms with Gasteiger partial charge in [-0.2, -0.15) is 0 Å². The molecule has 1 unspecified atom stereocenters. The molecule has 1 atom stereocenters. The predicted octanol–water partition coefficient (Wildman–Crippen LogP) is 1.44. The first-order valence-electron chi connectivity index (χ1n) is 5.20. The highest BCUT2D eigenvalue weighted by Crippen LogP contribution is 2.12. The van der Waals surface area contributed by atoms with Crippen molar-refractivity contribution in [1.82, 2.24) is 0 Å². The monoisotopic (exact) mass is 202 g/mol. The summed E-state index contributed by atoms with van der Waals surface area (Å²) in [6.45, 7) is 1.97. The molecule has 1 heterocycles. The zero-order valence-electron chi connectivity index (χ0n) is 8.41. The van der Waals surface area contributed by atoms with Crippen LogP contribution >= 0.6 is 0 Å². The van der Waals surface area contributed by atoms with Gasteiger partial charge in [0.05, 0.1) is 12.7 Å². The van der Waals surface area contributed by atoms with Crippen LogP contribution in [-0.4, -0.2) is 37.0 Å². The minimum absolute atomic E-state index is 0.186. The Morgan fingerprint density at radius 1 is 1.50 bits per heavy atom. The van der Waals surface area contributed by atoms with Crippen LogP contribution in [0.3, 0.4) is 0 Å². The average molecular weight is 202 g/mol. The maximum Gasteiger partial charge on any atom is 0.303 e. The van der Waals surface area contributed by atoms with Gasteiger partial charge in [-0.25, -0.2) is 0 Å². The van der Waals surface area contributed by atoms with Crippen LogP contribution in [0.2, 0.25) is 0 Å². The minimum Gasteiger partial charge on any atom is -0.481 e. The lowest BCUT2D eigenvalue weighted by atomic mass is 10.1. The second kappa shape index (κ2) is 6.79. The van der Waals surface area contributed by atoms with Gasteiger partial charge in [-0.15, -0.1) is 0 Å². The number of hydrogen-bond acceptors (Lipinski definition) is 3. The summed E-state index contributed by atoms with van der Waals surface area (Å²) in [5.74, 6) is -0.762. The highest BCUT2D eigenvalue weighted by molar-refractivity contribution is 5.66. The summed E-state index contributed by atoms with van der Waals surface area (Å²) in [6.07, 6.45) is 4.43. The molecule has 1 aliphatic rings. The second-order valence-electron chi connectivity index (χ2n) is 3.56. The summed E-state index contributed by atoms with van der Waals surface area (Å²) >= 11 is 0. The van der Waals surface area contributed by atoms with E-state index in [2.05, 4.69) is 0 Å². The SMILES string of the molecule is O=C(O)CCCOCC1CCCCO1. The maximum absolute atomic E-state index is 10.2. The Hall–Kier alpha value is -0.610. The summed E-state index contributed by atoms with van der Waals surface area (Å²) in [5, 5.41) is 8.38. The topological polar surface area (TPSA) is 55.8 Å². The predicted molar refractivity (Wildman–Crippen MR) is 51.3 cm³/mol. The van der Waals surface area contributed by atoms with Gasteiger partial charge in [-0.1, -0.05) is 0 Å². The largest absolute Gasteiger partial charge is 0.481 e. The Labute approximate surface area is 84.2 Å². The van der Waals surface area contributed by atoms with Crippen LogP contribution in [0.25, 0.3) is 0 Å². The van der Waals surface area contributed by atoms with Gasteiger partial charge >= 0.3 is 5.97 Å². The van der Waals surface area contributed by atoms with E-state index in [9.17, 15) is 4.79 Å². The molecule has 1 rings (SSSR count). The number of hydrogen-bond donors (Lipinski definition) is 1. The van der Waals surface area contributed by atoms with Gasteiger partial charge in [0.15, 0.2) is 0 Å². The van der Waals surface area contributed by atoms with Crippen molar-refractivity contribution in [2.75, 3.05) is 19.8 Å². The minimum atomic E-state index is -0.762. The smallest absolute Gasteiger partial charge is 0.303 e. The van der Waals surface area contributed by atoms with Crippen molar-refractivity contribution in [1.29, 1.82) is 0 Å². The summed E-state index contributed by atoms with van der Waals surface area (Å²) in [5.41, 5.74) is 0. The third-order valence-corrected chi connectivity index (χ3v) is 2.26. The normalized spacial score (nSPS) is 22.1. The fourth-order valence-corrected chi connectivity index (χ4v) is 1.48. The number of carboxylic acid groups (broad SMARTS) is 1. The molecule has 0 aromatic heterocycles. The van der Waals surface area contributed by atoms with Gasteiger partial charge in [0.2, 0.25) is 0 Å². The number of aliphatic carboxylic acids is 1. The van der Waals surface area contributed by atoms with E-state index in [1.165, 1.54) is 6.42 Å². The zero-order chi connectivity index (χ0) is 10.2. The molecule has 0 aliphatic carbocycles. The highest BCUT2D eigenvalue weighted by Gasteiger charge is 2.13. The molecule has 1 aliphatic heterocycles. The molecule has 0 aromatic carbocycles. The van der Waals surface area contributed by atoms with Crippen LogP contribution in [0.5, 0.6) is 0 Å². The van der Waals surface area contributed by atoms with E-state index in [0.717, 1.165) is 19.4 Å². The van der Waals surface area contributed by atoms with E-state index in [-0.39, 0.29) is 12.5 Å². The molecule has 4 nitrogen and oxygen atoms in total. The zero-order valence-corrected chi connectivity index (χ0v) is 8.41. The molecular weight excluding hydrogens is 184 g/mol. The summed E-state index contributed by atoms with van der Waals surface area (Å²) in [7, 11) is 0. The summed E-state index contributed by atoms with van der Waals surface area (Å²) < 4.78 is 10.8. The van der Waals surface area contributed by atoms with Gasteiger partial charge in [-0.05, 0) is 25.7 Å². The van der Waals surface area contributed by atoms with Crippen LogP contribution in [0, 0.1) is 0 Å². The van der Waals surface area contributed by atoms with Crippen LogP contribution < -0.4 is 0 Å². The molecule has 14 heavy (non-hydrogen) atoms. The molecule has 0 saturated carbocycles. The first-order chi connectivity index (χ1) is 6.79. The standard InChI is InChI=1S/C10H18O4/c11-10(12)5-3-6-13-8-9-4-1-2-7-14-9/h9H,1-8H2,(H,11,12). The Morgan fingerprint density at radius 3 is 3.00 bits per heavy atom.